The second-order valence-electron chi connectivity index (χ2n) is 5.73. The molecule has 0 bridgehead atoms. The van der Waals surface area contributed by atoms with Crippen molar-refractivity contribution >= 4 is 17.5 Å². The van der Waals surface area contributed by atoms with Gasteiger partial charge in [-0.1, -0.05) is 24.3 Å². The smallest absolute Gasteiger partial charge is 0.278 e. The van der Waals surface area contributed by atoms with Crippen molar-refractivity contribution in [1.29, 1.82) is 0 Å². The molecule has 2 amide bonds. The summed E-state index contributed by atoms with van der Waals surface area (Å²) in [5.74, 6) is -1.24. The molecule has 0 aliphatic heterocycles. The molecule has 0 saturated carbocycles. The van der Waals surface area contributed by atoms with Crippen LogP contribution in [0.3, 0.4) is 0 Å². The summed E-state index contributed by atoms with van der Waals surface area (Å²) in [6, 6.07) is 16.1. The first kappa shape index (κ1) is 17.9. The van der Waals surface area contributed by atoms with E-state index in [1.807, 2.05) is 0 Å². The standard InChI is InChI=1S/C20H17N3O4/c24-16-8-2-1-7-15(16)19(26)22-12-13-5-3-6-14(11-13)23-20(27)18-17(25)9-4-10-21-18/h1-11,24-25H,12H2,(H,22,26)(H,23,27). The summed E-state index contributed by atoms with van der Waals surface area (Å²) in [5, 5.41) is 24.8. The van der Waals surface area contributed by atoms with Gasteiger partial charge in [0.05, 0.1) is 5.56 Å². The predicted octanol–water partition coefficient (Wildman–Crippen LogP) is 2.68. The number of nitrogens with zero attached hydrogens (tertiary/aromatic N) is 1. The molecule has 1 aromatic heterocycles. The van der Waals surface area contributed by atoms with E-state index in [0.29, 0.717) is 5.69 Å². The molecule has 0 radical (unpaired) electrons. The fourth-order valence-corrected chi connectivity index (χ4v) is 2.46. The maximum Gasteiger partial charge on any atom is 0.278 e. The van der Waals surface area contributed by atoms with Gasteiger partial charge in [-0.2, -0.15) is 0 Å². The molecule has 4 N–H and O–H groups in total. The van der Waals surface area contributed by atoms with Gasteiger partial charge in [0.1, 0.15) is 11.5 Å². The lowest BCUT2D eigenvalue weighted by Crippen LogP contribution is -2.23. The third-order valence-corrected chi connectivity index (χ3v) is 3.79. The SMILES string of the molecule is O=C(NCc1cccc(NC(=O)c2ncccc2O)c1)c1ccccc1O. The van der Waals surface area contributed by atoms with E-state index in [1.54, 1.807) is 36.4 Å². The molecule has 3 aromatic rings. The highest BCUT2D eigenvalue weighted by Crippen LogP contribution is 2.18. The molecule has 7 heteroatoms. The van der Waals surface area contributed by atoms with Gasteiger partial charge in [0.2, 0.25) is 0 Å². The number of benzene rings is 2. The van der Waals surface area contributed by atoms with Crippen LogP contribution >= 0.6 is 0 Å². The van der Waals surface area contributed by atoms with Crippen LogP contribution in [0.4, 0.5) is 5.69 Å². The first-order valence-electron chi connectivity index (χ1n) is 8.15. The van der Waals surface area contributed by atoms with Gasteiger partial charge in [0.25, 0.3) is 11.8 Å². The zero-order chi connectivity index (χ0) is 19.2. The number of nitrogens with one attached hydrogen (secondary N) is 2. The number of aromatic hydroxyl groups is 2. The lowest BCUT2D eigenvalue weighted by molar-refractivity contribution is 0.0947. The normalized spacial score (nSPS) is 10.2. The van der Waals surface area contributed by atoms with Crippen LogP contribution < -0.4 is 10.6 Å². The van der Waals surface area contributed by atoms with E-state index in [0.717, 1.165) is 5.56 Å². The zero-order valence-corrected chi connectivity index (χ0v) is 14.2. The molecule has 0 aliphatic carbocycles. The van der Waals surface area contributed by atoms with Gasteiger partial charge < -0.3 is 20.8 Å². The molecular formula is C20H17N3O4. The van der Waals surface area contributed by atoms with Crippen LogP contribution in [-0.2, 0) is 6.54 Å². The van der Waals surface area contributed by atoms with E-state index in [1.165, 1.54) is 30.5 Å². The Balaban J connectivity index is 1.65. The first-order chi connectivity index (χ1) is 13.0. The number of carbonyl (C=O) groups excluding carboxylic acids is 2. The molecule has 0 aliphatic rings. The maximum absolute atomic E-state index is 12.2. The van der Waals surface area contributed by atoms with Crippen LogP contribution in [0.1, 0.15) is 26.4 Å². The van der Waals surface area contributed by atoms with E-state index >= 15 is 0 Å². The molecule has 0 fully saturated rings. The molecule has 7 nitrogen and oxygen atoms in total. The fourth-order valence-electron chi connectivity index (χ4n) is 2.46. The first-order valence-corrected chi connectivity index (χ1v) is 8.15. The highest BCUT2D eigenvalue weighted by Gasteiger charge is 2.13. The number of carbonyl (C=O) groups is 2. The number of amides is 2. The lowest BCUT2D eigenvalue weighted by Gasteiger charge is -2.09. The number of pyridine rings is 1. The van der Waals surface area contributed by atoms with Crippen LogP contribution in [0, 0.1) is 0 Å². The summed E-state index contributed by atoms with van der Waals surface area (Å²) in [6.07, 6.45) is 1.42. The third-order valence-electron chi connectivity index (χ3n) is 3.79. The van der Waals surface area contributed by atoms with Crippen LogP contribution in [0.2, 0.25) is 0 Å². The maximum atomic E-state index is 12.2. The van der Waals surface area contributed by atoms with Gasteiger partial charge in [-0.05, 0) is 42.0 Å². The number of phenols is 1. The quantitative estimate of drug-likeness (QED) is 0.557. The fraction of sp³-hybridized carbons (Fsp3) is 0.0500. The van der Waals surface area contributed by atoms with Crippen molar-refractivity contribution < 1.29 is 19.8 Å². The van der Waals surface area contributed by atoms with E-state index in [4.69, 9.17) is 0 Å². The number of phenolic OH excluding ortho intramolecular Hbond substituents is 1. The zero-order valence-electron chi connectivity index (χ0n) is 14.2. The van der Waals surface area contributed by atoms with Gasteiger partial charge in [0.15, 0.2) is 5.69 Å². The van der Waals surface area contributed by atoms with Crippen molar-refractivity contribution in [2.45, 2.75) is 6.54 Å². The monoisotopic (exact) mass is 363 g/mol. The van der Waals surface area contributed by atoms with Gasteiger partial charge >= 0.3 is 0 Å². The average molecular weight is 363 g/mol. The Labute approximate surface area is 155 Å². The lowest BCUT2D eigenvalue weighted by atomic mass is 10.1. The molecule has 0 saturated heterocycles. The number of para-hydroxylation sites is 1. The minimum atomic E-state index is -0.538. The van der Waals surface area contributed by atoms with Gasteiger partial charge in [-0.15, -0.1) is 0 Å². The van der Waals surface area contributed by atoms with Crippen molar-refractivity contribution in [2.75, 3.05) is 5.32 Å². The minimum absolute atomic E-state index is 0.0734. The Morgan fingerprint density at radius 2 is 1.67 bits per heavy atom. The van der Waals surface area contributed by atoms with Crippen molar-refractivity contribution in [3.8, 4) is 11.5 Å². The largest absolute Gasteiger partial charge is 0.507 e. The van der Waals surface area contributed by atoms with Crippen LogP contribution in [0.15, 0.2) is 66.9 Å². The summed E-state index contributed by atoms with van der Waals surface area (Å²) in [6.45, 7) is 0.214. The van der Waals surface area contributed by atoms with E-state index in [9.17, 15) is 19.8 Å². The minimum Gasteiger partial charge on any atom is -0.507 e. The Kier molecular flexibility index (Phi) is 5.32. The molecule has 1 heterocycles. The molecular weight excluding hydrogens is 346 g/mol. The van der Waals surface area contributed by atoms with E-state index in [-0.39, 0.29) is 29.3 Å². The number of rotatable bonds is 5. The third kappa shape index (κ3) is 4.40. The molecule has 136 valence electrons. The Morgan fingerprint density at radius 3 is 2.44 bits per heavy atom. The van der Waals surface area contributed by atoms with Crippen molar-refractivity contribution in [2.24, 2.45) is 0 Å². The summed E-state index contributed by atoms with van der Waals surface area (Å²) in [5.41, 5.74) is 1.37. The summed E-state index contributed by atoms with van der Waals surface area (Å²) >= 11 is 0. The van der Waals surface area contributed by atoms with Gasteiger partial charge in [-0.3, -0.25) is 9.59 Å². The Bertz CT molecular complexity index is 988. The van der Waals surface area contributed by atoms with Gasteiger partial charge in [-0.25, -0.2) is 4.98 Å². The summed E-state index contributed by atoms with van der Waals surface area (Å²) in [7, 11) is 0. The van der Waals surface area contributed by atoms with Crippen molar-refractivity contribution in [3.63, 3.8) is 0 Å². The second kappa shape index (κ2) is 8.01. The molecule has 27 heavy (non-hydrogen) atoms. The second-order valence-corrected chi connectivity index (χ2v) is 5.73. The molecule has 2 aromatic carbocycles. The highest BCUT2D eigenvalue weighted by atomic mass is 16.3. The predicted molar refractivity (Wildman–Crippen MR) is 99.6 cm³/mol. The van der Waals surface area contributed by atoms with Crippen molar-refractivity contribution in [3.05, 3.63) is 83.7 Å². The van der Waals surface area contributed by atoms with E-state index in [2.05, 4.69) is 15.6 Å². The Hall–Kier alpha value is -3.87. The van der Waals surface area contributed by atoms with E-state index < -0.39 is 11.8 Å². The summed E-state index contributed by atoms with van der Waals surface area (Å²) < 4.78 is 0. The number of anilines is 1. The van der Waals surface area contributed by atoms with Crippen molar-refractivity contribution in [1.82, 2.24) is 10.3 Å². The molecule has 0 spiro atoms. The number of hydrogen-bond donors (Lipinski definition) is 4. The van der Waals surface area contributed by atoms with Crippen LogP contribution in [0.5, 0.6) is 11.5 Å². The van der Waals surface area contributed by atoms with Gasteiger partial charge in [0, 0.05) is 18.4 Å². The molecule has 0 unspecified atom stereocenters. The number of hydrogen-bond acceptors (Lipinski definition) is 5. The topological polar surface area (TPSA) is 112 Å². The summed E-state index contributed by atoms with van der Waals surface area (Å²) in [4.78, 5) is 28.2. The molecule has 3 rings (SSSR count). The van der Waals surface area contributed by atoms with Crippen LogP contribution in [0.25, 0.3) is 0 Å². The number of aromatic nitrogens is 1. The van der Waals surface area contributed by atoms with Crippen LogP contribution in [-0.4, -0.2) is 27.0 Å². The Morgan fingerprint density at radius 1 is 0.889 bits per heavy atom. The molecule has 0 atom stereocenters. The highest BCUT2D eigenvalue weighted by molar-refractivity contribution is 6.04. The average Bonchev–Trinajstić information content (AvgIpc) is 2.67.